The van der Waals surface area contributed by atoms with Crippen molar-refractivity contribution in [2.24, 2.45) is 0 Å². The van der Waals surface area contributed by atoms with Gasteiger partial charge in [-0.2, -0.15) is 0 Å². The fraction of sp³-hybridized carbons (Fsp3) is 0.900. The Bertz CT molecular complexity index is 76.2. The summed E-state index contributed by atoms with van der Waals surface area (Å²) < 4.78 is 15.5. The zero-order valence-electron chi connectivity index (χ0n) is 8.59. The molecule has 0 saturated carbocycles. The molecule has 3 nitrogen and oxygen atoms in total. The van der Waals surface area contributed by atoms with Crippen LogP contribution in [0.4, 0.5) is 0 Å². The maximum absolute atomic E-state index is 5.34. The Hall–Kier alpha value is -0.120. The predicted octanol–water partition coefficient (Wildman–Crippen LogP) is 1.67. The Balaban J connectivity index is 2.76. The molecule has 1 radical (unpaired) electrons. The minimum absolute atomic E-state index is 0.754. The highest BCUT2D eigenvalue weighted by molar-refractivity contribution is 4.39. The molecule has 0 amide bonds. The highest BCUT2D eigenvalue weighted by atomic mass is 16.5. The minimum atomic E-state index is 0.754. The summed E-state index contributed by atoms with van der Waals surface area (Å²) in [6, 6.07) is 0. The third-order valence-corrected chi connectivity index (χ3v) is 1.50. The average Bonchev–Trinajstić information content (AvgIpc) is 2.16. The molecule has 0 atom stereocenters. The van der Waals surface area contributed by atoms with E-state index in [1.165, 1.54) is 0 Å². The van der Waals surface area contributed by atoms with Gasteiger partial charge < -0.3 is 14.2 Å². The molecule has 0 aliphatic carbocycles. The Morgan fingerprint density at radius 3 is 1.92 bits per heavy atom. The van der Waals surface area contributed by atoms with E-state index in [2.05, 4.69) is 6.92 Å². The molecule has 0 bridgehead atoms. The first-order valence-corrected chi connectivity index (χ1v) is 4.85. The van der Waals surface area contributed by atoms with Crippen LogP contribution < -0.4 is 0 Å². The molecule has 0 aliphatic rings. The molecule has 0 aromatic rings. The molecule has 0 rings (SSSR count). The summed E-state index contributed by atoms with van der Waals surface area (Å²) in [5, 5.41) is 0. The summed E-state index contributed by atoms with van der Waals surface area (Å²) in [6.45, 7) is 7.55. The number of ether oxygens (including phenoxy) is 3. The van der Waals surface area contributed by atoms with Gasteiger partial charge in [-0.15, -0.1) is 0 Å². The first-order valence-electron chi connectivity index (χ1n) is 4.85. The second kappa shape index (κ2) is 11.9. The summed E-state index contributed by atoms with van der Waals surface area (Å²) in [7, 11) is 1.70. The van der Waals surface area contributed by atoms with Gasteiger partial charge in [-0.3, -0.25) is 0 Å². The quantitative estimate of drug-likeness (QED) is 0.489. The van der Waals surface area contributed by atoms with E-state index in [0.29, 0.717) is 0 Å². The van der Waals surface area contributed by atoms with Crippen molar-refractivity contribution in [2.45, 2.75) is 19.3 Å². The van der Waals surface area contributed by atoms with Crippen LogP contribution in [-0.4, -0.2) is 40.1 Å². The van der Waals surface area contributed by atoms with Crippen LogP contribution in [0.2, 0.25) is 0 Å². The average molecular weight is 189 g/mol. The minimum Gasteiger partial charge on any atom is -0.385 e. The van der Waals surface area contributed by atoms with Crippen molar-refractivity contribution < 1.29 is 14.2 Å². The van der Waals surface area contributed by atoms with Gasteiger partial charge in [0.05, 0.1) is 0 Å². The van der Waals surface area contributed by atoms with Gasteiger partial charge in [0, 0.05) is 40.1 Å². The molecule has 3 heteroatoms. The van der Waals surface area contributed by atoms with E-state index >= 15 is 0 Å². The molecule has 0 saturated heterocycles. The highest BCUT2D eigenvalue weighted by Gasteiger charge is 1.90. The molecule has 0 fully saturated rings. The SMILES string of the molecule is [CH2]CCOCCCOCCCOC. The maximum atomic E-state index is 5.34. The van der Waals surface area contributed by atoms with E-state index in [1.807, 2.05) is 0 Å². The number of rotatable bonds is 10. The van der Waals surface area contributed by atoms with Gasteiger partial charge in [0.1, 0.15) is 0 Å². The number of hydrogen-bond acceptors (Lipinski definition) is 3. The van der Waals surface area contributed by atoms with Gasteiger partial charge in [-0.25, -0.2) is 0 Å². The topological polar surface area (TPSA) is 27.7 Å². The zero-order valence-corrected chi connectivity index (χ0v) is 8.59. The van der Waals surface area contributed by atoms with Crippen LogP contribution in [0.25, 0.3) is 0 Å². The van der Waals surface area contributed by atoms with Gasteiger partial charge >= 0.3 is 0 Å². The normalized spacial score (nSPS) is 10.6. The third-order valence-electron chi connectivity index (χ3n) is 1.50. The lowest BCUT2D eigenvalue weighted by Gasteiger charge is -2.04. The van der Waals surface area contributed by atoms with E-state index in [9.17, 15) is 0 Å². The molecule has 0 unspecified atom stereocenters. The van der Waals surface area contributed by atoms with E-state index in [1.54, 1.807) is 7.11 Å². The largest absolute Gasteiger partial charge is 0.385 e. The van der Waals surface area contributed by atoms with Crippen molar-refractivity contribution in [3.05, 3.63) is 6.92 Å². The molecular formula is C10H21O3. The van der Waals surface area contributed by atoms with Crippen molar-refractivity contribution in [3.8, 4) is 0 Å². The molecule has 79 valence electrons. The smallest absolute Gasteiger partial charge is 0.0488 e. The van der Waals surface area contributed by atoms with Crippen LogP contribution in [0.3, 0.4) is 0 Å². The molecule has 0 aromatic carbocycles. The van der Waals surface area contributed by atoms with Gasteiger partial charge in [0.2, 0.25) is 0 Å². The summed E-state index contributed by atoms with van der Waals surface area (Å²) in [4.78, 5) is 0. The van der Waals surface area contributed by atoms with Crippen LogP contribution in [0, 0.1) is 6.92 Å². The lowest BCUT2D eigenvalue weighted by molar-refractivity contribution is 0.0728. The molecule has 0 spiro atoms. The Kier molecular flexibility index (Phi) is 11.8. The first kappa shape index (κ1) is 12.9. The third kappa shape index (κ3) is 11.9. The standard InChI is InChI=1S/C10H21O3/c1-3-6-12-9-5-10-13-8-4-7-11-2/h1,3-10H2,2H3. The highest BCUT2D eigenvalue weighted by Crippen LogP contribution is 1.89. The molecule has 0 heterocycles. The van der Waals surface area contributed by atoms with Crippen LogP contribution in [0.15, 0.2) is 0 Å². The van der Waals surface area contributed by atoms with Crippen LogP contribution >= 0.6 is 0 Å². The zero-order chi connectivity index (χ0) is 9.78. The van der Waals surface area contributed by atoms with Gasteiger partial charge in [-0.1, -0.05) is 6.92 Å². The first-order chi connectivity index (χ1) is 6.41. The fourth-order valence-corrected chi connectivity index (χ4v) is 0.875. The van der Waals surface area contributed by atoms with Gasteiger partial charge in [-0.05, 0) is 19.3 Å². The second-order valence-electron chi connectivity index (χ2n) is 2.78. The molecule has 13 heavy (non-hydrogen) atoms. The van der Waals surface area contributed by atoms with Crippen LogP contribution in [0.5, 0.6) is 0 Å². The fourth-order valence-electron chi connectivity index (χ4n) is 0.875. The van der Waals surface area contributed by atoms with E-state index < -0.39 is 0 Å². The van der Waals surface area contributed by atoms with Crippen LogP contribution in [-0.2, 0) is 14.2 Å². The number of methoxy groups -OCH3 is 1. The number of hydrogen-bond donors (Lipinski definition) is 0. The van der Waals surface area contributed by atoms with Crippen LogP contribution in [0.1, 0.15) is 19.3 Å². The van der Waals surface area contributed by atoms with Gasteiger partial charge in [0.25, 0.3) is 0 Å². The van der Waals surface area contributed by atoms with Crippen molar-refractivity contribution >= 4 is 0 Å². The summed E-state index contributed by atoms with van der Waals surface area (Å²) in [6.07, 6.45) is 2.78. The lowest BCUT2D eigenvalue weighted by Crippen LogP contribution is -2.04. The van der Waals surface area contributed by atoms with Gasteiger partial charge in [0.15, 0.2) is 0 Å². The Morgan fingerprint density at radius 1 is 0.846 bits per heavy atom. The summed E-state index contributed by atoms with van der Waals surface area (Å²) >= 11 is 0. The van der Waals surface area contributed by atoms with Crippen molar-refractivity contribution in [3.63, 3.8) is 0 Å². The Morgan fingerprint density at radius 2 is 1.38 bits per heavy atom. The van der Waals surface area contributed by atoms with Crippen molar-refractivity contribution in [1.82, 2.24) is 0 Å². The molecule has 0 aliphatic heterocycles. The van der Waals surface area contributed by atoms with Crippen molar-refractivity contribution in [1.29, 1.82) is 0 Å². The molecule has 0 aromatic heterocycles. The molecular weight excluding hydrogens is 168 g/mol. The molecule has 0 N–H and O–H groups in total. The summed E-state index contributed by atoms with van der Waals surface area (Å²) in [5.41, 5.74) is 0. The van der Waals surface area contributed by atoms with Crippen molar-refractivity contribution in [2.75, 3.05) is 40.1 Å². The maximum Gasteiger partial charge on any atom is 0.0488 e. The lowest BCUT2D eigenvalue weighted by atomic mass is 10.4. The second-order valence-corrected chi connectivity index (χ2v) is 2.78. The summed E-state index contributed by atoms with van der Waals surface area (Å²) in [5.74, 6) is 0. The monoisotopic (exact) mass is 189 g/mol. The van der Waals surface area contributed by atoms with E-state index in [-0.39, 0.29) is 0 Å². The predicted molar refractivity (Wildman–Crippen MR) is 52.7 cm³/mol. The Labute approximate surface area is 81.4 Å². The van der Waals surface area contributed by atoms with E-state index in [0.717, 1.165) is 52.3 Å². The van der Waals surface area contributed by atoms with E-state index in [4.69, 9.17) is 14.2 Å².